The Bertz CT molecular complexity index is 828. The van der Waals surface area contributed by atoms with E-state index in [9.17, 15) is 4.79 Å². The molecule has 2 aromatic rings. The first-order chi connectivity index (χ1) is 12.4. The summed E-state index contributed by atoms with van der Waals surface area (Å²) >= 11 is 0. The summed E-state index contributed by atoms with van der Waals surface area (Å²) in [5.74, 6) is 6.41. The van der Waals surface area contributed by atoms with Crippen LogP contribution in [0.25, 0.3) is 11.1 Å². The van der Waals surface area contributed by atoms with E-state index < -0.39 is 5.60 Å². The van der Waals surface area contributed by atoms with Crippen LogP contribution in [0.3, 0.4) is 0 Å². The molecule has 1 atom stereocenters. The van der Waals surface area contributed by atoms with Gasteiger partial charge in [-0.2, -0.15) is 0 Å². The first-order valence-electron chi connectivity index (χ1n) is 8.94. The van der Waals surface area contributed by atoms with Crippen molar-refractivity contribution in [2.24, 2.45) is 0 Å². The second kappa shape index (κ2) is 7.61. The monoisotopic (exact) mass is 348 g/mol. The fourth-order valence-electron chi connectivity index (χ4n) is 2.92. The molecule has 0 N–H and O–H groups in total. The number of hydrogen-bond donors (Lipinski definition) is 0. The van der Waals surface area contributed by atoms with Crippen LogP contribution in [-0.2, 0) is 4.74 Å². The quantitative estimate of drug-likeness (QED) is 0.713. The highest BCUT2D eigenvalue weighted by Crippen LogP contribution is 2.21. The van der Waals surface area contributed by atoms with Gasteiger partial charge in [0.25, 0.3) is 0 Å². The summed E-state index contributed by atoms with van der Waals surface area (Å²) in [4.78, 5) is 18.4. The van der Waals surface area contributed by atoms with Gasteiger partial charge in [0.2, 0.25) is 0 Å². The van der Waals surface area contributed by atoms with E-state index in [-0.39, 0.29) is 12.1 Å². The summed E-state index contributed by atoms with van der Waals surface area (Å²) < 4.78 is 5.49. The van der Waals surface area contributed by atoms with E-state index in [0.717, 1.165) is 29.5 Å². The number of nitrogens with zero attached hydrogens (tertiary/aromatic N) is 2. The lowest BCUT2D eigenvalue weighted by molar-refractivity contribution is 0.0261. The molecule has 1 saturated heterocycles. The molecular weight excluding hydrogens is 324 g/mol. The van der Waals surface area contributed by atoms with Crippen molar-refractivity contribution < 1.29 is 9.53 Å². The van der Waals surface area contributed by atoms with Gasteiger partial charge in [0.05, 0.1) is 6.04 Å². The van der Waals surface area contributed by atoms with Crippen LogP contribution in [0.5, 0.6) is 0 Å². The van der Waals surface area contributed by atoms with Crippen LogP contribution in [0.4, 0.5) is 4.79 Å². The summed E-state index contributed by atoms with van der Waals surface area (Å²) in [5, 5.41) is 0. The third-order valence-electron chi connectivity index (χ3n) is 4.11. The number of pyridine rings is 1. The van der Waals surface area contributed by atoms with Crippen molar-refractivity contribution in [3.8, 4) is 23.0 Å². The number of likely N-dealkylation sites (tertiary alicyclic amines) is 1. The van der Waals surface area contributed by atoms with Gasteiger partial charge in [0.15, 0.2) is 0 Å². The molecule has 0 aliphatic carbocycles. The largest absolute Gasteiger partial charge is 0.444 e. The molecule has 2 heterocycles. The highest BCUT2D eigenvalue weighted by Gasteiger charge is 2.31. The Hall–Kier alpha value is -2.80. The lowest BCUT2D eigenvalue weighted by Crippen LogP contribution is -2.39. The van der Waals surface area contributed by atoms with Gasteiger partial charge in [-0.05, 0) is 45.2 Å². The van der Waals surface area contributed by atoms with E-state index in [4.69, 9.17) is 4.74 Å². The Labute approximate surface area is 155 Å². The fourth-order valence-corrected chi connectivity index (χ4v) is 2.92. The summed E-state index contributed by atoms with van der Waals surface area (Å²) in [7, 11) is 0. The van der Waals surface area contributed by atoms with E-state index in [1.165, 1.54) is 0 Å². The van der Waals surface area contributed by atoms with E-state index in [1.807, 2.05) is 51.2 Å². The van der Waals surface area contributed by atoms with Crippen LogP contribution >= 0.6 is 0 Å². The van der Waals surface area contributed by atoms with Gasteiger partial charge < -0.3 is 4.74 Å². The SMILES string of the molecule is CC(C)(C)OC(=O)N1CCC[C@H]1C#Cc1cncc(-c2ccccc2)c1. The third-order valence-corrected chi connectivity index (χ3v) is 4.11. The van der Waals surface area contributed by atoms with Gasteiger partial charge in [-0.1, -0.05) is 42.2 Å². The van der Waals surface area contributed by atoms with Crippen molar-refractivity contribution in [1.82, 2.24) is 9.88 Å². The lowest BCUT2D eigenvalue weighted by Gasteiger charge is -2.26. The Balaban J connectivity index is 1.75. The molecule has 0 spiro atoms. The number of aromatic nitrogens is 1. The zero-order valence-corrected chi connectivity index (χ0v) is 15.5. The Morgan fingerprint density at radius 3 is 2.69 bits per heavy atom. The summed E-state index contributed by atoms with van der Waals surface area (Å²) in [6.07, 6.45) is 5.12. The molecule has 4 nitrogen and oxygen atoms in total. The zero-order valence-electron chi connectivity index (χ0n) is 15.5. The van der Waals surface area contributed by atoms with E-state index in [1.54, 1.807) is 11.1 Å². The Morgan fingerprint density at radius 1 is 1.19 bits per heavy atom. The fraction of sp³-hybridized carbons (Fsp3) is 0.364. The smallest absolute Gasteiger partial charge is 0.411 e. The second-order valence-corrected chi connectivity index (χ2v) is 7.43. The number of ether oxygens (including phenoxy) is 1. The molecule has 1 aromatic heterocycles. The number of benzene rings is 1. The maximum Gasteiger partial charge on any atom is 0.411 e. The summed E-state index contributed by atoms with van der Waals surface area (Å²) in [5.41, 5.74) is 2.50. The molecule has 3 rings (SSSR count). The highest BCUT2D eigenvalue weighted by molar-refractivity contribution is 5.69. The number of carbonyl (C=O) groups excluding carboxylic acids is 1. The van der Waals surface area contributed by atoms with Gasteiger partial charge >= 0.3 is 6.09 Å². The first kappa shape index (κ1) is 18.0. The van der Waals surface area contributed by atoms with Gasteiger partial charge in [0.1, 0.15) is 5.60 Å². The first-order valence-corrected chi connectivity index (χ1v) is 8.94. The Morgan fingerprint density at radius 2 is 1.96 bits per heavy atom. The molecular formula is C22H24N2O2. The molecule has 134 valence electrons. The van der Waals surface area contributed by atoms with Crippen molar-refractivity contribution in [1.29, 1.82) is 0 Å². The van der Waals surface area contributed by atoms with Gasteiger partial charge in [-0.15, -0.1) is 0 Å². The molecule has 4 heteroatoms. The average molecular weight is 348 g/mol. The topological polar surface area (TPSA) is 42.4 Å². The minimum Gasteiger partial charge on any atom is -0.444 e. The van der Waals surface area contributed by atoms with Crippen LogP contribution in [0.15, 0.2) is 48.8 Å². The standard InChI is InChI=1S/C22H24N2O2/c1-22(2,3)26-21(25)24-13-7-10-20(24)12-11-17-14-19(16-23-15-17)18-8-5-4-6-9-18/h4-6,8-9,14-16,20H,7,10,13H2,1-3H3/t20-/m0/s1. The van der Waals surface area contributed by atoms with Gasteiger partial charge in [-0.3, -0.25) is 9.88 Å². The number of hydrogen-bond acceptors (Lipinski definition) is 3. The lowest BCUT2D eigenvalue weighted by atomic mass is 10.1. The molecule has 0 radical (unpaired) electrons. The molecule has 26 heavy (non-hydrogen) atoms. The summed E-state index contributed by atoms with van der Waals surface area (Å²) in [6.45, 7) is 6.32. The van der Waals surface area contributed by atoms with Crippen molar-refractivity contribution in [2.45, 2.75) is 45.3 Å². The zero-order chi connectivity index (χ0) is 18.6. The van der Waals surface area contributed by atoms with Crippen molar-refractivity contribution in [3.05, 3.63) is 54.4 Å². The maximum atomic E-state index is 12.3. The van der Waals surface area contributed by atoms with E-state index in [0.29, 0.717) is 6.54 Å². The number of carbonyl (C=O) groups is 1. The Kier molecular flexibility index (Phi) is 5.27. The average Bonchev–Trinajstić information content (AvgIpc) is 3.08. The minimum atomic E-state index is -0.494. The summed E-state index contributed by atoms with van der Waals surface area (Å²) in [6, 6.07) is 12.0. The third kappa shape index (κ3) is 4.64. The van der Waals surface area contributed by atoms with Crippen LogP contribution < -0.4 is 0 Å². The predicted molar refractivity (Wildman–Crippen MR) is 103 cm³/mol. The number of rotatable bonds is 1. The normalized spacial score (nSPS) is 16.7. The van der Waals surface area contributed by atoms with Crippen molar-refractivity contribution in [3.63, 3.8) is 0 Å². The van der Waals surface area contributed by atoms with Crippen molar-refractivity contribution in [2.75, 3.05) is 6.54 Å². The molecule has 0 unspecified atom stereocenters. The number of amides is 1. The molecule has 1 aromatic carbocycles. The predicted octanol–water partition coefficient (Wildman–Crippen LogP) is 4.50. The second-order valence-electron chi connectivity index (χ2n) is 7.43. The van der Waals surface area contributed by atoms with Gasteiger partial charge in [-0.25, -0.2) is 4.79 Å². The van der Waals surface area contributed by atoms with Crippen LogP contribution in [0, 0.1) is 11.8 Å². The molecule has 1 aliphatic rings. The molecule has 1 fully saturated rings. The van der Waals surface area contributed by atoms with E-state index in [2.05, 4.69) is 29.0 Å². The van der Waals surface area contributed by atoms with Gasteiger partial charge in [0, 0.05) is 30.1 Å². The van der Waals surface area contributed by atoms with Crippen LogP contribution in [0.1, 0.15) is 39.2 Å². The maximum absolute atomic E-state index is 12.3. The molecule has 1 amide bonds. The highest BCUT2D eigenvalue weighted by atomic mass is 16.6. The minimum absolute atomic E-state index is 0.106. The van der Waals surface area contributed by atoms with Crippen LogP contribution in [-0.4, -0.2) is 34.2 Å². The molecule has 1 aliphatic heterocycles. The molecule has 0 saturated carbocycles. The van der Waals surface area contributed by atoms with Crippen LogP contribution in [0.2, 0.25) is 0 Å². The molecule has 0 bridgehead atoms. The van der Waals surface area contributed by atoms with Crippen molar-refractivity contribution >= 4 is 6.09 Å². The van der Waals surface area contributed by atoms with E-state index >= 15 is 0 Å².